The van der Waals surface area contributed by atoms with Gasteiger partial charge in [-0.3, -0.25) is 14.3 Å². The fourth-order valence-corrected chi connectivity index (χ4v) is 1.28. The maximum Gasteiger partial charge on any atom is 0.323 e. The van der Waals surface area contributed by atoms with Crippen LogP contribution >= 0.6 is 0 Å². The molecule has 0 saturated carbocycles. The number of carbonyl (C=O) groups is 2. The van der Waals surface area contributed by atoms with Crippen molar-refractivity contribution in [2.45, 2.75) is 0 Å². The molecule has 1 aromatic rings. The van der Waals surface area contributed by atoms with E-state index in [1.54, 1.807) is 13.1 Å². The first-order valence-corrected chi connectivity index (χ1v) is 4.66. The number of aryl methyl sites for hydroxylation is 1. The number of rotatable bonds is 5. The van der Waals surface area contributed by atoms with Crippen molar-refractivity contribution in [2.75, 3.05) is 13.1 Å². The smallest absolute Gasteiger partial charge is 0.323 e. The van der Waals surface area contributed by atoms with Crippen molar-refractivity contribution in [3.8, 4) is 0 Å². The first-order chi connectivity index (χ1) is 7.56. The highest BCUT2D eigenvalue weighted by molar-refractivity contribution is 5.94. The van der Waals surface area contributed by atoms with Gasteiger partial charge in [-0.15, -0.1) is 6.58 Å². The van der Waals surface area contributed by atoms with Gasteiger partial charge in [-0.1, -0.05) is 6.08 Å². The summed E-state index contributed by atoms with van der Waals surface area (Å²) in [7, 11) is 1.63. The van der Waals surface area contributed by atoms with Gasteiger partial charge in [-0.2, -0.15) is 5.10 Å². The Balaban J connectivity index is 2.86. The zero-order valence-electron chi connectivity index (χ0n) is 8.96. The zero-order valence-corrected chi connectivity index (χ0v) is 8.96. The van der Waals surface area contributed by atoms with Crippen molar-refractivity contribution in [1.29, 1.82) is 0 Å². The molecule has 0 atom stereocenters. The van der Waals surface area contributed by atoms with Crippen LogP contribution in [0.25, 0.3) is 0 Å². The topological polar surface area (TPSA) is 75.4 Å². The fourth-order valence-electron chi connectivity index (χ4n) is 1.28. The van der Waals surface area contributed by atoms with Gasteiger partial charge in [0.1, 0.15) is 12.2 Å². The zero-order chi connectivity index (χ0) is 12.1. The average molecular weight is 223 g/mol. The van der Waals surface area contributed by atoms with Crippen LogP contribution in [0.1, 0.15) is 10.5 Å². The predicted octanol–water partition coefficient (Wildman–Crippen LogP) is 0.133. The quantitative estimate of drug-likeness (QED) is 0.720. The summed E-state index contributed by atoms with van der Waals surface area (Å²) in [6.45, 7) is 3.32. The van der Waals surface area contributed by atoms with Gasteiger partial charge in [0.05, 0.1) is 0 Å². The second-order valence-electron chi connectivity index (χ2n) is 3.21. The second-order valence-corrected chi connectivity index (χ2v) is 3.21. The molecule has 0 radical (unpaired) electrons. The number of carbonyl (C=O) groups excluding carboxylic acids is 1. The molecule has 0 unspecified atom stereocenters. The maximum atomic E-state index is 11.9. The van der Waals surface area contributed by atoms with E-state index in [0.29, 0.717) is 5.69 Å². The van der Waals surface area contributed by atoms with Crippen LogP contribution in [0.15, 0.2) is 24.9 Å². The molecular weight excluding hydrogens is 210 g/mol. The molecule has 6 heteroatoms. The van der Waals surface area contributed by atoms with Crippen molar-refractivity contribution >= 4 is 11.9 Å². The molecule has 1 rings (SSSR count). The van der Waals surface area contributed by atoms with Crippen LogP contribution in [0.3, 0.4) is 0 Å². The summed E-state index contributed by atoms with van der Waals surface area (Å²) in [5, 5.41) is 12.5. The van der Waals surface area contributed by atoms with Crippen LogP contribution in [-0.2, 0) is 11.8 Å². The van der Waals surface area contributed by atoms with E-state index in [-0.39, 0.29) is 19.0 Å². The Labute approximate surface area is 92.8 Å². The Bertz CT molecular complexity index is 411. The van der Waals surface area contributed by atoms with Gasteiger partial charge in [0.15, 0.2) is 0 Å². The van der Waals surface area contributed by atoms with Gasteiger partial charge < -0.3 is 10.0 Å². The molecule has 1 N–H and O–H groups in total. The molecule has 6 nitrogen and oxygen atoms in total. The van der Waals surface area contributed by atoms with Crippen LogP contribution in [-0.4, -0.2) is 44.8 Å². The van der Waals surface area contributed by atoms with Crippen LogP contribution in [0.5, 0.6) is 0 Å². The second kappa shape index (κ2) is 5.11. The molecule has 0 spiro atoms. The number of aliphatic carboxylic acids is 1. The van der Waals surface area contributed by atoms with E-state index < -0.39 is 5.97 Å². The van der Waals surface area contributed by atoms with Gasteiger partial charge in [-0.05, 0) is 6.07 Å². The summed E-state index contributed by atoms with van der Waals surface area (Å²) in [5.41, 5.74) is 0.350. The number of aromatic nitrogens is 2. The SMILES string of the molecule is C=CCN(CC(=O)O)C(=O)c1ccnn1C. The Morgan fingerprint density at radius 2 is 2.38 bits per heavy atom. The number of carboxylic acids is 1. The first-order valence-electron chi connectivity index (χ1n) is 4.66. The first kappa shape index (κ1) is 12.0. The molecule has 16 heavy (non-hydrogen) atoms. The summed E-state index contributed by atoms with van der Waals surface area (Å²) in [6, 6.07) is 1.54. The van der Waals surface area contributed by atoms with Crippen molar-refractivity contribution in [1.82, 2.24) is 14.7 Å². The third-order valence-electron chi connectivity index (χ3n) is 2.00. The highest BCUT2D eigenvalue weighted by Gasteiger charge is 2.19. The lowest BCUT2D eigenvalue weighted by atomic mass is 10.3. The Kier molecular flexibility index (Phi) is 3.82. The molecule has 0 bridgehead atoms. The standard InChI is InChI=1S/C10H13N3O3/c1-3-6-13(7-9(14)15)10(16)8-4-5-11-12(8)2/h3-5H,1,6-7H2,2H3,(H,14,15). The monoisotopic (exact) mass is 223 g/mol. The van der Waals surface area contributed by atoms with E-state index in [0.717, 1.165) is 0 Å². The molecule has 0 aliphatic heterocycles. The van der Waals surface area contributed by atoms with Crippen molar-refractivity contribution in [3.63, 3.8) is 0 Å². The van der Waals surface area contributed by atoms with Crippen molar-refractivity contribution in [2.24, 2.45) is 7.05 Å². The Morgan fingerprint density at radius 3 is 2.81 bits per heavy atom. The van der Waals surface area contributed by atoms with Crippen molar-refractivity contribution < 1.29 is 14.7 Å². The third kappa shape index (κ3) is 2.69. The summed E-state index contributed by atoms with van der Waals surface area (Å²) < 4.78 is 1.40. The molecule has 0 saturated heterocycles. The summed E-state index contributed by atoms with van der Waals surface area (Å²) >= 11 is 0. The minimum Gasteiger partial charge on any atom is -0.480 e. The van der Waals surface area contributed by atoms with Crippen molar-refractivity contribution in [3.05, 3.63) is 30.6 Å². The summed E-state index contributed by atoms with van der Waals surface area (Å²) in [5.74, 6) is -1.43. The number of amides is 1. The minimum atomic E-state index is -1.06. The van der Waals surface area contributed by atoms with Crippen LogP contribution in [0.2, 0.25) is 0 Å². The van der Waals surface area contributed by atoms with E-state index in [9.17, 15) is 9.59 Å². The Morgan fingerprint density at radius 1 is 1.69 bits per heavy atom. The molecular formula is C10H13N3O3. The molecule has 0 fully saturated rings. The summed E-state index contributed by atoms with van der Waals surface area (Å²) in [4.78, 5) is 23.7. The predicted molar refractivity (Wildman–Crippen MR) is 56.9 cm³/mol. The van der Waals surface area contributed by atoms with E-state index in [1.165, 1.54) is 21.9 Å². The number of carboxylic acid groups (broad SMARTS) is 1. The molecule has 0 aliphatic carbocycles. The highest BCUT2D eigenvalue weighted by atomic mass is 16.4. The lowest BCUT2D eigenvalue weighted by molar-refractivity contribution is -0.137. The number of nitrogens with zero attached hydrogens (tertiary/aromatic N) is 3. The van der Waals surface area contributed by atoms with E-state index in [2.05, 4.69) is 11.7 Å². The Hall–Kier alpha value is -2.11. The summed E-state index contributed by atoms with van der Waals surface area (Å²) in [6.07, 6.45) is 2.97. The maximum absolute atomic E-state index is 11.9. The lowest BCUT2D eigenvalue weighted by Crippen LogP contribution is -2.36. The van der Waals surface area contributed by atoms with Gasteiger partial charge in [0.2, 0.25) is 0 Å². The van der Waals surface area contributed by atoms with Crippen LogP contribution in [0, 0.1) is 0 Å². The minimum absolute atomic E-state index is 0.191. The molecule has 86 valence electrons. The van der Waals surface area contributed by atoms with E-state index in [4.69, 9.17) is 5.11 Å². The van der Waals surface area contributed by atoms with E-state index >= 15 is 0 Å². The molecule has 1 aromatic heterocycles. The fraction of sp³-hybridized carbons (Fsp3) is 0.300. The van der Waals surface area contributed by atoms with Gasteiger partial charge >= 0.3 is 5.97 Å². The average Bonchev–Trinajstić information content (AvgIpc) is 2.62. The third-order valence-corrected chi connectivity index (χ3v) is 2.00. The molecule has 0 aromatic carbocycles. The highest BCUT2D eigenvalue weighted by Crippen LogP contribution is 2.03. The largest absolute Gasteiger partial charge is 0.480 e. The molecule has 1 amide bonds. The number of hydrogen-bond donors (Lipinski definition) is 1. The number of hydrogen-bond acceptors (Lipinski definition) is 3. The van der Waals surface area contributed by atoms with Gasteiger partial charge in [0.25, 0.3) is 5.91 Å². The molecule has 0 aliphatic rings. The molecule has 1 heterocycles. The van der Waals surface area contributed by atoms with Crippen LogP contribution in [0.4, 0.5) is 0 Å². The normalized spacial score (nSPS) is 9.81. The van der Waals surface area contributed by atoms with Crippen LogP contribution < -0.4 is 0 Å². The van der Waals surface area contributed by atoms with E-state index in [1.807, 2.05) is 0 Å². The lowest BCUT2D eigenvalue weighted by Gasteiger charge is -2.18. The van der Waals surface area contributed by atoms with Gasteiger partial charge in [-0.25, -0.2) is 0 Å². The van der Waals surface area contributed by atoms with Gasteiger partial charge in [0, 0.05) is 19.8 Å².